The van der Waals surface area contributed by atoms with Crippen molar-refractivity contribution >= 4 is 5.97 Å². The molecule has 0 aromatic heterocycles. The van der Waals surface area contributed by atoms with Crippen molar-refractivity contribution in [1.29, 1.82) is 0 Å². The van der Waals surface area contributed by atoms with Gasteiger partial charge >= 0.3 is 5.97 Å². The van der Waals surface area contributed by atoms with Gasteiger partial charge in [-0.2, -0.15) is 0 Å². The predicted octanol–water partition coefficient (Wildman–Crippen LogP) is -1.74. The summed E-state index contributed by atoms with van der Waals surface area (Å²) in [6.07, 6.45) is -0.936. The van der Waals surface area contributed by atoms with Gasteiger partial charge in [0.25, 0.3) is 0 Å². The lowest BCUT2D eigenvalue weighted by atomic mass is 9.88. The number of hydrogen-bond acceptors (Lipinski definition) is 4. The lowest BCUT2D eigenvalue weighted by Gasteiger charge is -2.31. The van der Waals surface area contributed by atoms with Crippen LogP contribution in [0.25, 0.3) is 0 Å². The second-order valence-electron chi connectivity index (χ2n) is 3.04. The molecule has 0 bridgehead atoms. The summed E-state index contributed by atoms with van der Waals surface area (Å²) in [5, 5.41) is 29.7. The average Bonchev–Trinajstić information content (AvgIpc) is 2.04. The predicted molar refractivity (Wildman–Crippen MR) is 40.6 cm³/mol. The summed E-state index contributed by atoms with van der Waals surface area (Å²) in [6, 6.07) is 0. The molecule has 1 saturated heterocycles. The van der Waals surface area contributed by atoms with Crippen LogP contribution in [0.3, 0.4) is 0 Å². The number of nitrogens with one attached hydrogen (secondary N) is 1. The molecule has 1 heterocycles. The van der Waals surface area contributed by atoms with E-state index in [2.05, 4.69) is 5.32 Å². The van der Waals surface area contributed by atoms with Gasteiger partial charge in [-0.15, -0.1) is 0 Å². The zero-order valence-electron chi connectivity index (χ0n) is 6.60. The van der Waals surface area contributed by atoms with E-state index < -0.39 is 18.0 Å². The second kappa shape index (κ2) is 3.84. The molecule has 0 radical (unpaired) electrons. The molecule has 12 heavy (non-hydrogen) atoms. The SMILES string of the molecule is O=C(O)[C@H]1CNC[C@@H](CO)[C@H]1O. The van der Waals surface area contributed by atoms with Gasteiger partial charge in [0, 0.05) is 25.6 Å². The molecule has 5 heteroatoms. The molecular formula is C7H13NO4. The Bertz CT molecular complexity index is 173. The summed E-state index contributed by atoms with van der Waals surface area (Å²) in [5.41, 5.74) is 0. The third-order valence-electron chi connectivity index (χ3n) is 2.22. The first-order valence-corrected chi connectivity index (χ1v) is 3.89. The number of carbonyl (C=O) groups is 1. The van der Waals surface area contributed by atoms with E-state index in [1.54, 1.807) is 0 Å². The zero-order chi connectivity index (χ0) is 9.14. The number of rotatable bonds is 2. The van der Waals surface area contributed by atoms with E-state index in [-0.39, 0.29) is 19.1 Å². The number of aliphatic carboxylic acids is 1. The number of piperidine rings is 1. The van der Waals surface area contributed by atoms with Crippen LogP contribution in [0.5, 0.6) is 0 Å². The van der Waals surface area contributed by atoms with E-state index in [0.717, 1.165) is 0 Å². The molecule has 0 aromatic rings. The summed E-state index contributed by atoms with van der Waals surface area (Å²) in [5.74, 6) is -2.18. The van der Waals surface area contributed by atoms with Crippen LogP contribution >= 0.6 is 0 Å². The molecule has 1 rings (SSSR count). The molecule has 1 aliphatic rings. The van der Waals surface area contributed by atoms with Crippen LogP contribution in [0.1, 0.15) is 0 Å². The smallest absolute Gasteiger partial charge is 0.310 e. The van der Waals surface area contributed by atoms with Gasteiger partial charge in [0.05, 0.1) is 12.0 Å². The number of aliphatic hydroxyl groups excluding tert-OH is 2. The van der Waals surface area contributed by atoms with E-state index in [0.29, 0.717) is 6.54 Å². The normalized spacial score (nSPS) is 36.3. The number of aliphatic hydroxyl groups is 2. The molecule has 0 saturated carbocycles. The molecule has 0 aliphatic carbocycles. The highest BCUT2D eigenvalue weighted by Gasteiger charge is 2.35. The Balaban J connectivity index is 2.59. The highest BCUT2D eigenvalue weighted by molar-refractivity contribution is 5.71. The molecule has 4 N–H and O–H groups in total. The number of carboxylic acid groups (broad SMARTS) is 1. The van der Waals surface area contributed by atoms with Gasteiger partial charge in [0.15, 0.2) is 0 Å². The van der Waals surface area contributed by atoms with Crippen molar-refractivity contribution in [3.05, 3.63) is 0 Å². The van der Waals surface area contributed by atoms with E-state index >= 15 is 0 Å². The molecule has 0 aromatic carbocycles. The van der Waals surface area contributed by atoms with Crippen LogP contribution < -0.4 is 5.32 Å². The van der Waals surface area contributed by atoms with E-state index in [1.165, 1.54) is 0 Å². The summed E-state index contributed by atoms with van der Waals surface area (Å²) in [6.45, 7) is 0.562. The van der Waals surface area contributed by atoms with Crippen molar-refractivity contribution in [3.63, 3.8) is 0 Å². The number of carboxylic acids is 1. The van der Waals surface area contributed by atoms with Crippen LogP contribution in [0.15, 0.2) is 0 Å². The van der Waals surface area contributed by atoms with Gasteiger partial charge < -0.3 is 20.6 Å². The van der Waals surface area contributed by atoms with Crippen molar-refractivity contribution in [2.24, 2.45) is 11.8 Å². The van der Waals surface area contributed by atoms with Crippen molar-refractivity contribution in [2.45, 2.75) is 6.10 Å². The average molecular weight is 175 g/mol. The highest BCUT2D eigenvalue weighted by Crippen LogP contribution is 2.16. The fraction of sp³-hybridized carbons (Fsp3) is 0.857. The van der Waals surface area contributed by atoms with E-state index in [1.807, 2.05) is 0 Å². The molecule has 0 spiro atoms. The second-order valence-corrected chi connectivity index (χ2v) is 3.04. The molecular weight excluding hydrogens is 162 g/mol. The zero-order valence-corrected chi connectivity index (χ0v) is 6.60. The topological polar surface area (TPSA) is 89.8 Å². The Kier molecular flexibility index (Phi) is 3.02. The molecule has 5 nitrogen and oxygen atoms in total. The summed E-state index contributed by atoms with van der Waals surface area (Å²) < 4.78 is 0. The van der Waals surface area contributed by atoms with Crippen LogP contribution in [0, 0.1) is 11.8 Å². The molecule has 3 atom stereocenters. The van der Waals surface area contributed by atoms with Crippen LogP contribution in [0.2, 0.25) is 0 Å². The highest BCUT2D eigenvalue weighted by atomic mass is 16.4. The van der Waals surface area contributed by atoms with Crippen molar-refractivity contribution in [3.8, 4) is 0 Å². The van der Waals surface area contributed by atoms with Crippen molar-refractivity contribution in [1.82, 2.24) is 5.32 Å². The van der Waals surface area contributed by atoms with E-state index in [4.69, 9.17) is 10.2 Å². The Labute approximate surface area is 70.0 Å². The first-order chi connectivity index (χ1) is 5.66. The molecule has 0 amide bonds. The number of hydrogen-bond donors (Lipinski definition) is 4. The van der Waals surface area contributed by atoms with Gasteiger partial charge in [0.1, 0.15) is 0 Å². The lowest BCUT2D eigenvalue weighted by molar-refractivity contribution is -0.148. The van der Waals surface area contributed by atoms with Crippen LogP contribution in [-0.4, -0.2) is 47.1 Å². The quantitative estimate of drug-likeness (QED) is 0.400. The fourth-order valence-electron chi connectivity index (χ4n) is 1.40. The van der Waals surface area contributed by atoms with Crippen LogP contribution in [-0.2, 0) is 4.79 Å². The van der Waals surface area contributed by atoms with Gasteiger partial charge in [-0.05, 0) is 0 Å². The Morgan fingerprint density at radius 3 is 2.67 bits per heavy atom. The monoisotopic (exact) mass is 175 g/mol. The summed E-state index contributed by atoms with van der Waals surface area (Å²) in [7, 11) is 0. The molecule has 1 aliphatic heterocycles. The molecule has 0 unspecified atom stereocenters. The minimum Gasteiger partial charge on any atom is -0.481 e. The maximum Gasteiger partial charge on any atom is 0.310 e. The first-order valence-electron chi connectivity index (χ1n) is 3.89. The van der Waals surface area contributed by atoms with Gasteiger partial charge in [-0.1, -0.05) is 0 Å². The summed E-state index contributed by atoms with van der Waals surface area (Å²) >= 11 is 0. The van der Waals surface area contributed by atoms with Gasteiger partial charge in [-0.25, -0.2) is 0 Å². The Morgan fingerprint density at radius 2 is 2.17 bits per heavy atom. The fourth-order valence-corrected chi connectivity index (χ4v) is 1.40. The Morgan fingerprint density at radius 1 is 1.50 bits per heavy atom. The Hall–Kier alpha value is -0.650. The summed E-state index contributed by atoms with van der Waals surface area (Å²) in [4.78, 5) is 10.5. The largest absolute Gasteiger partial charge is 0.481 e. The first kappa shape index (κ1) is 9.44. The standard InChI is InChI=1S/C7H13NO4/c9-3-4-1-8-2-5(6(4)10)7(11)12/h4-6,8-10H,1-3H2,(H,11,12)/t4-,5-,6+/m0/s1. The third kappa shape index (κ3) is 1.74. The third-order valence-corrected chi connectivity index (χ3v) is 2.22. The maximum atomic E-state index is 10.5. The van der Waals surface area contributed by atoms with Gasteiger partial charge in [0.2, 0.25) is 0 Å². The van der Waals surface area contributed by atoms with E-state index in [9.17, 15) is 9.90 Å². The lowest BCUT2D eigenvalue weighted by Crippen LogP contribution is -2.51. The minimum absolute atomic E-state index is 0.183. The van der Waals surface area contributed by atoms with Crippen molar-refractivity contribution < 1.29 is 20.1 Å². The van der Waals surface area contributed by atoms with Crippen LogP contribution in [0.4, 0.5) is 0 Å². The maximum absolute atomic E-state index is 10.5. The minimum atomic E-state index is -1.02. The molecule has 1 fully saturated rings. The van der Waals surface area contributed by atoms with Crippen molar-refractivity contribution in [2.75, 3.05) is 19.7 Å². The van der Waals surface area contributed by atoms with Gasteiger partial charge in [-0.3, -0.25) is 4.79 Å². The molecule has 70 valence electrons.